The molecule has 2 rings (SSSR count). The maximum atomic E-state index is 13.8. The van der Waals surface area contributed by atoms with E-state index in [9.17, 15) is 4.39 Å². The first-order chi connectivity index (χ1) is 9.51. The minimum Gasteiger partial charge on any atom is -0.306 e. The summed E-state index contributed by atoms with van der Waals surface area (Å²) in [6.07, 6.45) is 0. The first-order valence-corrected chi connectivity index (χ1v) is 7.31. The highest BCUT2D eigenvalue weighted by molar-refractivity contribution is 7.12. The van der Waals surface area contributed by atoms with Crippen LogP contribution in [0.3, 0.4) is 0 Å². The monoisotopic (exact) mass is 288 g/mol. The van der Waals surface area contributed by atoms with E-state index in [0.29, 0.717) is 17.7 Å². The third kappa shape index (κ3) is 3.24. The number of benzene rings is 1. The van der Waals surface area contributed by atoms with Gasteiger partial charge in [0.25, 0.3) is 0 Å². The van der Waals surface area contributed by atoms with Crippen LogP contribution in [0.1, 0.15) is 39.4 Å². The average Bonchev–Trinajstić information content (AvgIpc) is 2.76. The molecule has 1 aromatic heterocycles. The molecule has 2 nitrogen and oxygen atoms in total. The Hall–Kier alpha value is -1.70. The summed E-state index contributed by atoms with van der Waals surface area (Å²) < 4.78 is 13.8. The Labute approximate surface area is 122 Å². The van der Waals surface area contributed by atoms with E-state index in [2.05, 4.69) is 32.2 Å². The normalized spacial score (nSPS) is 12.2. The molecular formula is C16H17FN2S. The molecule has 0 saturated carbocycles. The molecule has 0 bridgehead atoms. The minimum absolute atomic E-state index is 0.176. The highest BCUT2D eigenvalue weighted by atomic mass is 32.1. The molecule has 4 heteroatoms. The molecule has 0 aliphatic carbocycles. The molecule has 1 N–H and O–H groups in total. The lowest BCUT2D eigenvalue weighted by molar-refractivity contribution is 0.543. The summed E-state index contributed by atoms with van der Waals surface area (Å²) in [5, 5.41) is 12.1. The Morgan fingerprint density at radius 1 is 1.35 bits per heavy atom. The van der Waals surface area contributed by atoms with Gasteiger partial charge >= 0.3 is 0 Å². The van der Waals surface area contributed by atoms with Crippen molar-refractivity contribution in [2.24, 2.45) is 0 Å². The molecule has 1 unspecified atom stereocenters. The Kier molecular flexibility index (Phi) is 4.53. The van der Waals surface area contributed by atoms with Crippen molar-refractivity contribution in [1.29, 1.82) is 5.26 Å². The number of rotatable bonds is 4. The van der Waals surface area contributed by atoms with Crippen LogP contribution < -0.4 is 5.32 Å². The molecule has 0 amide bonds. The van der Waals surface area contributed by atoms with Crippen molar-refractivity contribution in [3.8, 4) is 6.07 Å². The van der Waals surface area contributed by atoms with Crippen molar-refractivity contribution in [1.82, 2.24) is 5.32 Å². The highest BCUT2D eigenvalue weighted by Gasteiger charge is 2.12. The molecule has 20 heavy (non-hydrogen) atoms. The van der Waals surface area contributed by atoms with E-state index < -0.39 is 0 Å². The fourth-order valence-electron chi connectivity index (χ4n) is 2.21. The Morgan fingerprint density at radius 2 is 2.10 bits per heavy atom. The van der Waals surface area contributed by atoms with Crippen LogP contribution in [0, 0.1) is 31.0 Å². The highest BCUT2D eigenvalue weighted by Crippen LogP contribution is 2.26. The molecule has 0 aliphatic heterocycles. The van der Waals surface area contributed by atoms with Gasteiger partial charge in [0.15, 0.2) is 0 Å². The zero-order valence-electron chi connectivity index (χ0n) is 11.8. The fraction of sp³-hybridized carbons (Fsp3) is 0.312. The summed E-state index contributed by atoms with van der Waals surface area (Å²) in [6, 6.07) is 8.88. The van der Waals surface area contributed by atoms with E-state index in [0.717, 1.165) is 0 Å². The molecule has 104 valence electrons. The van der Waals surface area contributed by atoms with Gasteiger partial charge < -0.3 is 5.32 Å². The van der Waals surface area contributed by atoms with Crippen molar-refractivity contribution < 1.29 is 4.39 Å². The van der Waals surface area contributed by atoms with E-state index in [4.69, 9.17) is 5.26 Å². The van der Waals surface area contributed by atoms with Crippen LogP contribution in [-0.2, 0) is 6.54 Å². The van der Waals surface area contributed by atoms with Gasteiger partial charge in [-0.2, -0.15) is 5.26 Å². The Balaban J connectivity index is 2.05. The van der Waals surface area contributed by atoms with Crippen LogP contribution in [-0.4, -0.2) is 0 Å². The number of thiophene rings is 1. The molecule has 0 fully saturated rings. The largest absolute Gasteiger partial charge is 0.306 e. The maximum absolute atomic E-state index is 13.8. The van der Waals surface area contributed by atoms with Crippen LogP contribution in [0.4, 0.5) is 4.39 Å². The molecule has 1 aromatic carbocycles. The van der Waals surface area contributed by atoms with Crippen molar-refractivity contribution >= 4 is 11.3 Å². The molecule has 0 aliphatic rings. The average molecular weight is 288 g/mol. The summed E-state index contributed by atoms with van der Waals surface area (Å²) in [5.41, 5.74) is 2.20. The first kappa shape index (κ1) is 14.7. The third-order valence-corrected chi connectivity index (χ3v) is 4.31. The van der Waals surface area contributed by atoms with Gasteiger partial charge in [-0.05, 0) is 44.5 Å². The molecule has 0 saturated heterocycles. The van der Waals surface area contributed by atoms with Crippen LogP contribution in [0.25, 0.3) is 0 Å². The molecule has 1 heterocycles. The van der Waals surface area contributed by atoms with Crippen LogP contribution in [0.15, 0.2) is 24.3 Å². The summed E-state index contributed by atoms with van der Waals surface area (Å²) in [7, 11) is 0. The second-order valence-corrected chi connectivity index (χ2v) is 6.35. The number of nitriles is 1. The quantitative estimate of drug-likeness (QED) is 0.914. The van der Waals surface area contributed by atoms with Crippen molar-refractivity contribution in [2.75, 3.05) is 0 Å². The van der Waals surface area contributed by atoms with Gasteiger partial charge in [-0.1, -0.05) is 6.07 Å². The topological polar surface area (TPSA) is 35.8 Å². The van der Waals surface area contributed by atoms with Crippen LogP contribution in [0.2, 0.25) is 0 Å². The second-order valence-electron chi connectivity index (χ2n) is 4.89. The van der Waals surface area contributed by atoms with Gasteiger partial charge in [0.05, 0.1) is 11.6 Å². The van der Waals surface area contributed by atoms with Crippen LogP contribution >= 0.6 is 11.3 Å². The molecular weight excluding hydrogens is 271 g/mol. The van der Waals surface area contributed by atoms with Gasteiger partial charge in [0.1, 0.15) is 5.82 Å². The third-order valence-electron chi connectivity index (χ3n) is 3.33. The number of nitrogens with one attached hydrogen (secondary N) is 1. The SMILES string of the molecule is Cc1cc(C(C)NCc2ccc(C#N)cc2F)c(C)s1. The maximum Gasteiger partial charge on any atom is 0.129 e. The predicted molar refractivity (Wildman–Crippen MR) is 80.2 cm³/mol. The van der Waals surface area contributed by atoms with Gasteiger partial charge in [-0.15, -0.1) is 11.3 Å². The van der Waals surface area contributed by atoms with E-state index in [1.807, 2.05) is 6.07 Å². The van der Waals surface area contributed by atoms with Gasteiger partial charge in [0, 0.05) is 27.9 Å². The van der Waals surface area contributed by atoms with Gasteiger partial charge in [-0.25, -0.2) is 4.39 Å². The molecule has 2 aromatic rings. The van der Waals surface area contributed by atoms with Crippen molar-refractivity contribution in [2.45, 2.75) is 33.4 Å². The first-order valence-electron chi connectivity index (χ1n) is 6.50. The number of nitrogens with zero attached hydrogens (tertiary/aromatic N) is 1. The van der Waals surface area contributed by atoms with Crippen molar-refractivity contribution in [3.63, 3.8) is 0 Å². The zero-order chi connectivity index (χ0) is 14.7. The fourth-order valence-corrected chi connectivity index (χ4v) is 3.24. The lowest BCUT2D eigenvalue weighted by atomic mass is 10.1. The predicted octanol–water partition coefficient (Wildman–Crippen LogP) is 4.23. The summed E-state index contributed by atoms with van der Waals surface area (Å²) in [4.78, 5) is 2.58. The lowest BCUT2D eigenvalue weighted by Crippen LogP contribution is -2.19. The van der Waals surface area contributed by atoms with Crippen molar-refractivity contribution in [3.05, 3.63) is 56.5 Å². The standard InChI is InChI=1S/C16H17FN2S/c1-10-6-15(12(3)20-10)11(2)19-9-14-5-4-13(8-18)7-16(14)17/h4-7,11,19H,9H2,1-3H3. The smallest absolute Gasteiger partial charge is 0.129 e. The number of hydrogen-bond donors (Lipinski definition) is 1. The summed E-state index contributed by atoms with van der Waals surface area (Å²) in [5.74, 6) is -0.332. The zero-order valence-corrected chi connectivity index (χ0v) is 12.6. The van der Waals surface area contributed by atoms with Gasteiger partial charge in [0.2, 0.25) is 0 Å². The van der Waals surface area contributed by atoms with E-state index >= 15 is 0 Å². The second kappa shape index (κ2) is 6.17. The Morgan fingerprint density at radius 3 is 2.65 bits per heavy atom. The molecule has 1 atom stereocenters. The molecule has 0 spiro atoms. The number of aryl methyl sites for hydroxylation is 2. The number of halogens is 1. The molecule has 0 radical (unpaired) electrons. The summed E-state index contributed by atoms with van der Waals surface area (Å²) >= 11 is 1.78. The van der Waals surface area contributed by atoms with Gasteiger partial charge in [-0.3, -0.25) is 0 Å². The van der Waals surface area contributed by atoms with E-state index in [1.165, 1.54) is 21.4 Å². The Bertz CT molecular complexity index is 655. The van der Waals surface area contributed by atoms with E-state index in [1.54, 1.807) is 23.5 Å². The van der Waals surface area contributed by atoms with E-state index in [-0.39, 0.29) is 11.9 Å². The van der Waals surface area contributed by atoms with Crippen LogP contribution in [0.5, 0.6) is 0 Å². The lowest BCUT2D eigenvalue weighted by Gasteiger charge is -2.14. The minimum atomic E-state index is -0.332. The number of hydrogen-bond acceptors (Lipinski definition) is 3. The summed E-state index contributed by atoms with van der Waals surface area (Å²) in [6.45, 7) is 6.73.